The van der Waals surface area contributed by atoms with Crippen LogP contribution in [0.3, 0.4) is 0 Å². The smallest absolute Gasteiger partial charge is 0.257 e. The fraction of sp³-hybridized carbons (Fsp3) is 0.167. The maximum Gasteiger partial charge on any atom is 0.257 e. The number of thioether (sulfide) groups is 1. The summed E-state index contributed by atoms with van der Waals surface area (Å²) in [4.78, 5) is 16.9. The molecule has 1 aliphatic heterocycles. The summed E-state index contributed by atoms with van der Waals surface area (Å²) in [5, 5.41) is 6.31. The number of nitrogens with zero attached hydrogens (tertiary/aromatic N) is 3. The molecule has 0 N–H and O–H groups in total. The average Bonchev–Trinajstić information content (AvgIpc) is 3.27. The number of carbonyl (C=O) groups excluding carboxylic acids is 1. The van der Waals surface area contributed by atoms with Gasteiger partial charge in [-0.2, -0.15) is 5.10 Å². The monoisotopic (exact) mass is 337 g/mol. The molecule has 0 fully saturated rings. The summed E-state index contributed by atoms with van der Waals surface area (Å²) < 4.78 is 5.64. The molecule has 0 aliphatic carbocycles. The molecule has 3 aromatic rings. The molecule has 0 radical (unpaired) electrons. The van der Waals surface area contributed by atoms with Gasteiger partial charge in [-0.15, -0.1) is 0 Å². The van der Waals surface area contributed by atoms with E-state index in [1.165, 1.54) is 11.8 Å². The predicted molar refractivity (Wildman–Crippen MR) is 93.9 cm³/mol. The molecular weight excluding hydrogens is 322 g/mol. The number of oxazole rings is 1. The standard InChI is InChI=1S/C18H15N3O2S/c22-17(12-24-18-20-14-8-4-5-9-16(14)23-18)21-15(10-11-19-21)13-6-2-1-3-7-13/h1-9,11,15H,10,12H2. The van der Waals surface area contributed by atoms with E-state index in [0.717, 1.165) is 23.1 Å². The number of fused-ring (bicyclic) bond motifs is 1. The lowest BCUT2D eigenvalue weighted by atomic mass is 10.0. The molecule has 5 nitrogen and oxygen atoms in total. The minimum Gasteiger partial charge on any atom is -0.431 e. The molecule has 120 valence electrons. The van der Waals surface area contributed by atoms with Gasteiger partial charge in [-0.05, 0) is 17.7 Å². The molecule has 24 heavy (non-hydrogen) atoms. The van der Waals surface area contributed by atoms with Gasteiger partial charge >= 0.3 is 0 Å². The van der Waals surface area contributed by atoms with Crippen LogP contribution in [-0.4, -0.2) is 27.9 Å². The van der Waals surface area contributed by atoms with Crippen molar-refractivity contribution in [1.82, 2.24) is 9.99 Å². The molecular formula is C18H15N3O2S. The summed E-state index contributed by atoms with van der Waals surface area (Å²) in [6.45, 7) is 0. The van der Waals surface area contributed by atoms with Crippen LogP contribution in [0.5, 0.6) is 0 Å². The SMILES string of the molecule is O=C(CSc1nc2ccccc2o1)N1N=CCC1c1ccccc1. The number of benzene rings is 2. The van der Waals surface area contributed by atoms with E-state index in [-0.39, 0.29) is 17.7 Å². The van der Waals surface area contributed by atoms with Crippen LogP contribution in [-0.2, 0) is 4.79 Å². The van der Waals surface area contributed by atoms with Crippen LogP contribution in [0.25, 0.3) is 11.1 Å². The minimum absolute atomic E-state index is 0.0251. The molecule has 2 aromatic carbocycles. The Kier molecular flexibility index (Phi) is 4.04. The molecule has 6 heteroatoms. The third-order valence-electron chi connectivity index (χ3n) is 3.86. The van der Waals surface area contributed by atoms with Crippen molar-refractivity contribution < 1.29 is 9.21 Å². The number of aromatic nitrogens is 1. The van der Waals surface area contributed by atoms with E-state index < -0.39 is 0 Å². The first-order valence-corrected chi connectivity index (χ1v) is 8.67. The van der Waals surface area contributed by atoms with Crippen LogP contribution in [0, 0.1) is 0 Å². The van der Waals surface area contributed by atoms with Crippen molar-refractivity contribution in [3.05, 3.63) is 60.2 Å². The van der Waals surface area contributed by atoms with Crippen LogP contribution < -0.4 is 0 Å². The van der Waals surface area contributed by atoms with Crippen LogP contribution in [0.2, 0.25) is 0 Å². The fourth-order valence-electron chi connectivity index (χ4n) is 2.71. The summed E-state index contributed by atoms with van der Waals surface area (Å²) in [6, 6.07) is 17.5. The van der Waals surface area contributed by atoms with E-state index in [2.05, 4.69) is 10.1 Å². The largest absolute Gasteiger partial charge is 0.431 e. The van der Waals surface area contributed by atoms with Gasteiger partial charge in [0.2, 0.25) is 0 Å². The highest BCUT2D eigenvalue weighted by atomic mass is 32.2. The molecule has 0 spiro atoms. The van der Waals surface area contributed by atoms with Gasteiger partial charge in [0.15, 0.2) is 5.58 Å². The first-order valence-electron chi connectivity index (χ1n) is 7.69. The second-order valence-corrected chi connectivity index (χ2v) is 6.36. The van der Waals surface area contributed by atoms with E-state index in [1.807, 2.05) is 54.6 Å². The first-order chi connectivity index (χ1) is 11.8. The topological polar surface area (TPSA) is 58.7 Å². The van der Waals surface area contributed by atoms with E-state index in [0.29, 0.717) is 5.22 Å². The number of para-hydroxylation sites is 2. The maximum absolute atomic E-state index is 12.5. The molecule has 1 unspecified atom stereocenters. The van der Waals surface area contributed by atoms with E-state index in [9.17, 15) is 4.79 Å². The Morgan fingerprint density at radius 1 is 1.17 bits per heavy atom. The Labute approximate surface area is 143 Å². The van der Waals surface area contributed by atoms with Gasteiger partial charge in [0.05, 0.1) is 11.8 Å². The average molecular weight is 337 g/mol. The van der Waals surface area contributed by atoms with Crippen molar-refractivity contribution in [3.63, 3.8) is 0 Å². The summed E-state index contributed by atoms with van der Waals surface area (Å²) in [5.74, 6) is 0.192. The third kappa shape index (κ3) is 2.92. The summed E-state index contributed by atoms with van der Waals surface area (Å²) in [5.41, 5.74) is 2.62. The molecule has 1 amide bonds. The normalized spacial score (nSPS) is 16.8. The Balaban J connectivity index is 1.44. The number of hydrogen-bond donors (Lipinski definition) is 0. The van der Waals surface area contributed by atoms with Gasteiger partial charge in [-0.3, -0.25) is 4.79 Å². The van der Waals surface area contributed by atoms with E-state index >= 15 is 0 Å². The molecule has 0 bridgehead atoms. The Bertz CT molecular complexity index is 858. The van der Waals surface area contributed by atoms with Gasteiger partial charge in [0, 0.05) is 12.6 Å². The van der Waals surface area contributed by atoms with Crippen LogP contribution in [0.15, 0.2) is 69.3 Å². The number of hydrogen-bond acceptors (Lipinski definition) is 5. The minimum atomic E-state index is -0.0511. The van der Waals surface area contributed by atoms with E-state index in [4.69, 9.17) is 4.42 Å². The number of amides is 1. The number of rotatable bonds is 4. The highest BCUT2D eigenvalue weighted by molar-refractivity contribution is 7.99. The molecule has 4 rings (SSSR count). The Morgan fingerprint density at radius 3 is 2.79 bits per heavy atom. The van der Waals surface area contributed by atoms with Crippen molar-refractivity contribution >= 4 is 35.0 Å². The number of hydrazone groups is 1. The lowest BCUT2D eigenvalue weighted by Gasteiger charge is -2.21. The second-order valence-electron chi connectivity index (χ2n) is 5.43. The first kappa shape index (κ1) is 15.0. The highest BCUT2D eigenvalue weighted by Crippen LogP contribution is 2.30. The zero-order valence-corrected chi connectivity index (χ0v) is 13.6. The lowest BCUT2D eigenvalue weighted by molar-refractivity contribution is -0.130. The van der Waals surface area contributed by atoms with Crippen molar-refractivity contribution in [2.45, 2.75) is 17.7 Å². The van der Waals surface area contributed by atoms with E-state index in [1.54, 1.807) is 11.2 Å². The molecule has 1 atom stereocenters. The lowest BCUT2D eigenvalue weighted by Crippen LogP contribution is -2.28. The zero-order valence-electron chi connectivity index (χ0n) is 12.8. The molecule has 0 saturated carbocycles. The second kappa shape index (κ2) is 6.49. The molecule has 1 aliphatic rings. The Hall–Kier alpha value is -2.60. The van der Waals surface area contributed by atoms with Crippen LogP contribution in [0.4, 0.5) is 0 Å². The molecule has 0 saturated heterocycles. The molecule has 2 heterocycles. The summed E-state index contributed by atoms with van der Waals surface area (Å²) >= 11 is 1.30. The van der Waals surface area contributed by atoms with Gasteiger partial charge in [-0.1, -0.05) is 54.2 Å². The van der Waals surface area contributed by atoms with Crippen molar-refractivity contribution in [2.75, 3.05) is 5.75 Å². The third-order valence-corrected chi connectivity index (χ3v) is 4.68. The highest BCUT2D eigenvalue weighted by Gasteiger charge is 2.28. The Morgan fingerprint density at radius 2 is 1.96 bits per heavy atom. The number of carbonyl (C=O) groups is 1. The van der Waals surface area contributed by atoms with Gasteiger partial charge in [0.1, 0.15) is 5.52 Å². The van der Waals surface area contributed by atoms with Gasteiger partial charge < -0.3 is 4.42 Å². The fourth-order valence-corrected chi connectivity index (χ4v) is 3.40. The summed E-state index contributed by atoms with van der Waals surface area (Å²) in [6.07, 6.45) is 2.53. The van der Waals surface area contributed by atoms with Gasteiger partial charge in [-0.25, -0.2) is 9.99 Å². The predicted octanol–water partition coefficient (Wildman–Crippen LogP) is 3.88. The van der Waals surface area contributed by atoms with Crippen molar-refractivity contribution in [3.8, 4) is 0 Å². The molecule has 1 aromatic heterocycles. The van der Waals surface area contributed by atoms with Crippen LogP contribution in [0.1, 0.15) is 18.0 Å². The maximum atomic E-state index is 12.5. The summed E-state index contributed by atoms with van der Waals surface area (Å²) in [7, 11) is 0. The quantitative estimate of drug-likeness (QED) is 0.678. The zero-order chi connectivity index (χ0) is 16.4. The van der Waals surface area contributed by atoms with Crippen molar-refractivity contribution in [2.24, 2.45) is 5.10 Å². The van der Waals surface area contributed by atoms with Gasteiger partial charge in [0.25, 0.3) is 11.1 Å². The van der Waals surface area contributed by atoms with Crippen molar-refractivity contribution in [1.29, 1.82) is 0 Å². The van der Waals surface area contributed by atoms with Crippen LogP contribution >= 0.6 is 11.8 Å².